The van der Waals surface area contributed by atoms with Crippen molar-refractivity contribution >= 4 is 55.7 Å². The maximum Gasteiger partial charge on any atom is 0.301 e. The number of ether oxygens (including phenoxy) is 2. The fourth-order valence-corrected chi connectivity index (χ4v) is 5.42. The average Bonchev–Trinajstić information content (AvgIpc) is 3.42. The zero-order valence-corrected chi connectivity index (χ0v) is 21.0. The summed E-state index contributed by atoms with van der Waals surface area (Å²) in [5.41, 5.74) is 1.65. The fourth-order valence-electron chi connectivity index (χ4n) is 4.15. The van der Waals surface area contributed by atoms with Gasteiger partial charge in [-0.25, -0.2) is 4.98 Å². The van der Waals surface area contributed by atoms with Gasteiger partial charge < -0.3 is 14.6 Å². The summed E-state index contributed by atoms with van der Waals surface area (Å²) < 4.78 is 11.5. The van der Waals surface area contributed by atoms with Crippen LogP contribution in [0.4, 0.5) is 5.13 Å². The predicted molar refractivity (Wildman–Crippen MR) is 140 cm³/mol. The highest BCUT2D eigenvalue weighted by Crippen LogP contribution is 2.44. The molecule has 2 heterocycles. The smallest absolute Gasteiger partial charge is 0.301 e. The molecule has 1 aliphatic rings. The van der Waals surface area contributed by atoms with Crippen molar-refractivity contribution in [2.75, 3.05) is 18.6 Å². The summed E-state index contributed by atoms with van der Waals surface area (Å²) in [6.45, 7) is 2.39. The maximum absolute atomic E-state index is 13.4. The molecule has 4 aromatic rings. The topological polar surface area (TPSA) is 89.0 Å². The van der Waals surface area contributed by atoms with Gasteiger partial charge in [-0.2, -0.15) is 0 Å². The van der Waals surface area contributed by atoms with Crippen molar-refractivity contribution in [2.24, 2.45) is 0 Å². The molecule has 0 bridgehead atoms. The van der Waals surface area contributed by atoms with E-state index in [1.54, 1.807) is 66.7 Å². The highest BCUT2D eigenvalue weighted by atomic mass is 35.5. The molecule has 1 atom stereocenters. The van der Waals surface area contributed by atoms with Gasteiger partial charge in [0.15, 0.2) is 5.13 Å². The Balaban J connectivity index is 1.68. The first kappa shape index (κ1) is 23.8. The van der Waals surface area contributed by atoms with E-state index in [2.05, 4.69) is 4.98 Å². The molecular formula is C27H21ClN2O5S. The van der Waals surface area contributed by atoms with Crippen molar-refractivity contribution in [3.05, 3.63) is 88.5 Å². The number of aliphatic hydroxyl groups is 1. The van der Waals surface area contributed by atoms with Crippen LogP contribution in [0.5, 0.6) is 11.5 Å². The van der Waals surface area contributed by atoms with E-state index in [4.69, 9.17) is 21.1 Å². The van der Waals surface area contributed by atoms with Crippen LogP contribution in [0.25, 0.3) is 16.0 Å². The summed E-state index contributed by atoms with van der Waals surface area (Å²) in [5.74, 6) is -0.582. The lowest BCUT2D eigenvalue weighted by molar-refractivity contribution is -0.132. The van der Waals surface area contributed by atoms with Crippen LogP contribution >= 0.6 is 22.9 Å². The summed E-state index contributed by atoms with van der Waals surface area (Å²) in [5, 5.41) is 12.1. The molecule has 0 spiro atoms. The number of carbonyl (C=O) groups excluding carboxylic acids is 2. The summed E-state index contributed by atoms with van der Waals surface area (Å²) in [7, 11) is 1.54. The lowest BCUT2D eigenvalue weighted by Crippen LogP contribution is -2.29. The van der Waals surface area contributed by atoms with Crippen LogP contribution in [0.15, 0.2) is 72.3 Å². The second-order valence-electron chi connectivity index (χ2n) is 8.01. The minimum atomic E-state index is -0.890. The van der Waals surface area contributed by atoms with Gasteiger partial charge in [-0.05, 0) is 67.1 Å². The zero-order chi connectivity index (χ0) is 25.4. The Hall–Kier alpha value is -3.88. The number of ketones is 1. The predicted octanol–water partition coefficient (Wildman–Crippen LogP) is 5.98. The fraction of sp³-hybridized carbons (Fsp3) is 0.148. The second-order valence-corrected chi connectivity index (χ2v) is 9.45. The normalized spacial score (nSPS) is 17.1. The number of methoxy groups -OCH3 is 1. The first-order valence-corrected chi connectivity index (χ1v) is 12.3. The quantitative estimate of drug-likeness (QED) is 0.191. The van der Waals surface area contributed by atoms with Crippen molar-refractivity contribution < 1.29 is 24.2 Å². The van der Waals surface area contributed by atoms with E-state index >= 15 is 0 Å². The molecule has 1 fully saturated rings. The molecule has 0 radical (unpaired) electrons. The van der Waals surface area contributed by atoms with Crippen LogP contribution in [0.1, 0.15) is 24.1 Å². The number of carbonyl (C=O) groups is 2. The molecule has 5 rings (SSSR count). The number of anilines is 1. The van der Waals surface area contributed by atoms with E-state index in [-0.39, 0.29) is 11.3 Å². The van der Waals surface area contributed by atoms with Gasteiger partial charge in [0.25, 0.3) is 5.78 Å². The second kappa shape index (κ2) is 9.64. The first-order chi connectivity index (χ1) is 17.4. The van der Waals surface area contributed by atoms with Crippen LogP contribution < -0.4 is 14.4 Å². The van der Waals surface area contributed by atoms with Crippen LogP contribution in [-0.2, 0) is 9.59 Å². The van der Waals surface area contributed by atoms with Crippen LogP contribution in [0, 0.1) is 0 Å². The molecular weight excluding hydrogens is 500 g/mol. The number of nitrogens with zero attached hydrogens (tertiary/aromatic N) is 2. The summed E-state index contributed by atoms with van der Waals surface area (Å²) in [6, 6.07) is 18.1. The number of aliphatic hydroxyl groups excluding tert-OH is 1. The Morgan fingerprint density at radius 3 is 2.42 bits per heavy atom. The Bertz CT molecular complexity index is 1500. The Morgan fingerprint density at radius 2 is 1.75 bits per heavy atom. The van der Waals surface area contributed by atoms with Gasteiger partial charge in [-0.3, -0.25) is 14.5 Å². The minimum Gasteiger partial charge on any atom is -0.507 e. The van der Waals surface area contributed by atoms with E-state index in [9.17, 15) is 14.7 Å². The largest absolute Gasteiger partial charge is 0.507 e. The number of fused-ring (bicyclic) bond motifs is 1. The molecule has 1 aromatic heterocycles. The average molecular weight is 521 g/mol. The molecule has 1 aliphatic heterocycles. The lowest BCUT2D eigenvalue weighted by Gasteiger charge is -2.23. The molecule has 3 aromatic carbocycles. The molecule has 7 nitrogen and oxygen atoms in total. The minimum absolute atomic E-state index is 0.0217. The summed E-state index contributed by atoms with van der Waals surface area (Å²) in [6.07, 6.45) is 0. The third-order valence-corrected chi connectivity index (χ3v) is 7.11. The van der Waals surface area contributed by atoms with Crippen LogP contribution in [0.2, 0.25) is 5.02 Å². The van der Waals surface area contributed by atoms with Crippen molar-refractivity contribution in [3.8, 4) is 11.5 Å². The van der Waals surface area contributed by atoms with Gasteiger partial charge in [0, 0.05) is 10.6 Å². The molecule has 9 heteroatoms. The Morgan fingerprint density at radius 1 is 1.06 bits per heavy atom. The highest BCUT2D eigenvalue weighted by Gasteiger charge is 2.48. The molecule has 1 saturated heterocycles. The number of thiazole rings is 1. The van der Waals surface area contributed by atoms with E-state index in [0.29, 0.717) is 44.9 Å². The van der Waals surface area contributed by atoms with E-state index in [1.807, 2.05) is 6.92 Å². The number of amides is 1. The van der Waals surface area contributed by atoms with E-state index in [0.717, 1.165) is 4.70 Å². The Labute approximate surface area is 216 Å². The number of rotatable bonds is 6. The molecule has 1 unspecified atom stereocenters. The SMILES string of the molecule is CCOc1ccc(C2/C(=C(\O)c3ccc(OC)cc3)C(=O)C(=O)N2c2nc3ccc(Cl)cc3s2)cc1. The number of halogens is 1. The standard InChI is InChI=1S/C27H21ClN2O5S/c1-3-35-19-11-4-15(5-12-19)23-22(24(31)16-6-9-18(34-2)10-7-16)25(32)26(33)30(23)27-29-20-13-8-17(28)14-21(20)36-27/h4-14,23,31H,3H2,1-2H3/b24-22+. The van der Waals surface area contributed by atoms with Crippen molar-refractivity contribution in [1.29, 1.82) is 0 Å². The van der Waals surface area contributed by atoms with Crippen molar-refractivity contribution in [1.82, 2.24) is 4.98 Å². The summed E-state index contributed by atoms with van der Waals surface area (Å²) in [4.78, 5) is 32.7. The van der Waals surface area contributed by atoms with Crippen LogP contribution in [0.3, 0.4) is 0 Å². The molecule has 182 valence electrons. The first-order valence-electron chi connectivity index (χ1n) is 11.2. The number of benzene rings is 3. The number of aromatic nitrogens is 1. The molecule has 0 saturated carbocycles. The van der Waals surface area contributed by atoms with Gasteiger partial charge >= 0.3 is 5.91 Å². The van der Waals surface area contributed by atoms with Crippen molar-refractivity contribution in [2.45, 2.75) is 13.0 Å². The molecule has 1 amide bonds. The van der Waals surface area contributed by atoms with Gasteiger partial charge in [0.2, 0.25) is 0 Å². The molecule has 0 aliphatic carbocycles. The van der Waals surface area contributed by atoms with Crippen LogP contribution in [-0.4, -0.2) is 35.5 Å². The lowest BCUT2D eigenvalue weighted by atomic mass is 9.95. The third-order valence-electron chi connectivity index (χ3n) is 5.86. The Kier molecular flexibility index (Phi) is 6.38. The third kappa shape index (κ3) is 4.19. The number of hydrogen-bond acceptors (Lipinski definition) is 7. The number of hydrogen-bond donors (Lipinski definition) is 1. The maximum atomic E-state index is 13.4. The van der Waals surface area contributed by atoms with Gasteiger partial charge in [0.1, 0.15) is 17.3 Å². The van der Waals surface area contributed by atoms with Gasteiger partial charge in [0.05, 0.1) is 35.5 Å². The molecule has 36 heavy (non-hydrogen) atoms. The highest BCUT2D eigenvalue weighted by molar-refractivity contribution is 7.22. The zero-order valence-electron chi connectivity index (χ0n) is 19.4. The monoisotopic (exact) mass is 520 g/mol. The summed E-state index contributed by atoms with van der Waals surface area (Å²) >= 11 is 7.39. The molecule has 1 N–H and O–H groups in total. The van der Waals surface area contributed by atoms with E-state index < -0.39 is 17.7 Å². The van der Waals surface area contributed by atoms with E-state index in [1.165, 1.54) is 23.3 Å². The van der Waals surface area contributed by atoms with Gasteiger partial charge in [-0.15, -0.1) is 0 Å². The number of Topliss-reactive ketones (excluding diaryl/α,β-unsaturated/α-hetero) is 1. The van der Waals surface area contributed by atoms with Crippen molar-refractivity contribution in [3.63, 3.8) is 0 Å². The van der Waals surface area contributed by atoms with Gasteiger partial charge in [-0.1, -0.05) is 35.1 Å².